The maximum Gasteiger partial charge on any atom is 0.303 e. The first-order valence-electron chi connectivity index (χ1n) is 10.5. The summed E-state index contributed by atoms with van der Waals surface area (Å²) in [4.78, 5) is 47.0. The van der Waals surface area contributed by atoms with Gasteiger partial charge in [0.15, 0.2) is 29.7 Å². The van der Waals surface area contributed by atoms with Gasteiger partial charge in [0.25, 0.3) is 0 Å². The second-order valence-electron chi connectivity index (χ2n) is 7.42. The van der Waals surface area contributed by atoms with E-state index in [-0.39, 0.29) is 11.7 Å². The van der Waals surface area contributed by atoms with Gasteiger partial charge < -0.3 is 39.1 Å². The summed E-state index contributed by atoms with van der Waals surface area (Å²) in [6.07, 6.45) is -6.13. The van der Waals surface area contributed by atoms with Crippen molar-refractivity contribution in [1.82, 2.24) is 5.32 Å². The standard InChI is InChI=1S/C22H28N2O10S/c1-11(25)30-10-17-18(31-12(2)26)19(32-13(3)27)20(33-14(4)28)21(34-17)24-22(35)23-15-8-6-7-9-16(15)29-5/h6-9,17-21H,10H2,1-5H3,(H2,23,24,35). The predicted molar refractivity (Wildman–Crippen MR) is 124 cm³/mol. The van der Waals surface area contributed by atoms with E-state index in [1.807, 2.05) is 0 Å². The third-order valence-electron chi connectivity index (χ3n) is 4.62. The van der Waals surface area contributed by atoms with E-state index in [1.54, 1.807) is 24.3 Å². The van der Waals surface area contributed by atoms with Gasteiger partial charge in [-0.05, 0) is 24.4 Å². The van der Waals surface area contributed by atoms with Gasteiger partial charge in [0.05, 0.1) is 12.8 Å². The zero-order valence-corrected chi connectivity index (χ0v) is 20.7. The van der Waals surface area contributed by atoms with Crippen LogP contribution in [0.15, 0.2) is 24.3 Å². The number of benzene rings is 1. The number of hydrogen-bond acceptors (Lipinski definition) is 11. The summed E-state index contributed by atoms with van der Waals surface area (Å²) in [5.41, 5.74) is 0.540. The molecule has 0 saturated carbocycles. The number of thiocarbonyl (C=S) groups is 1. The molecule has 1 aromatic rings. The number of para-hydroxylation sites is 2. The van der Waals surface area contributed by atoms with E-state index in [0.29, 0.717) is 11.4 Å². The molecule has 1 heterocycles. The van der Waals surface area contributed by atoms with Crippen LogP contribution in [-0.2, 0) is 42.9 Å². The van der Waals surface area contributed by atoms with E-state index in [4.69, 9.17) is 40.6 Å². The predicted octanol–water partition coefficient (Wildman–Crippen LogP) is 1.06. The zero-order chi connectivity index (χ0) is 26.1. The maximum absolute atomic E-state index is 11.9. The molecule has 0 bridgehead atoms. The SMILES string of the molecule is COc1ccccc1NC(=S)NC1OC(COC(C)=O)C(OC(C)=O)C(OC(C)=O)C1OC(C)=O. The molecule has 1 aromatic carbocycles. The first-order valence-corrected chi connectivity index (χ1v) is 10.9. The fourth-order valence-corrected chi connectivity index (χ4v) is 3.61. The van der Waals surface area contributed by atoms with Gasteiger partial charge in [-0.15, -0.1) is 0 Å². The van der Waals surface area contributed by atoms with Crippen molar-refractivity contribution in [1.29, 1.82) is 0 Å². The Balaban J connectivity index is 2.38. The summed E-state index contributed by atoms with van der Waals surface area (Å²) >= 11 is 5.38. The van der Waals surface area contributed by atoms with E-state index in [1.165, 1.54) is 14.0 Å². The lowest BCUT2D eigenvalue weighted by atomic mass is 9.97. The van der Waals surface area contributed by atoms with Crippen LogP contribution in [0.3, 0.4) is 0 Å². The Morgan fingerprint density at radius 1 is 0.886 bits per heavy atom. The minimum Gasteiger partial charge on any atom is -0.495 e. The fourth-order valence-electron chi connectivity index (χ4n) is 3.38. The van der Waals surface area contributed by atoms with Crippen LogP contribution in [0.4, 0.5) is 5.69 Å². The number of esters is 4. The topological polar surface area (TPSA) is 148 Å². The molecule has 12 nitrogen and oxygen atoms in total. The molecule has 13 heteroatoms. The number of hydrogen-bond donors (Lipinski definition) is 2. The van der Waals surface area contributed by atoms with Gasteiger partial charge in [0, 0.05) is 27.7 Å². The summed E-state index contributed by atoms with van der Waals surface area (Å²) in [5.74, 6) is -2.26. The van der Waals surface area contributed by atoms with Crippen molar-refractivity contribution in [3.8, 4) is 5.75 Å². The molecule has 0 spiro atoms. The number of carbonyl (C=O) groups excluding carboxylic acids is 4. The van der Waals surface area contributed by atoms with Gasteiger partial charge in [-0.25, -0.2) is 0 Å². The minimum absolute atomic E-state index is 0.0513. The molecule has 2 rings (SSSR count). The number of ether oxygens (including phenoxy) is 6. The molecule has 1 fully saturated rings. The lowest BCUT2D eigenvalue weighted by Gasteiger charge is -2.44. The van der Waals surface area contributed by atoms with Gasteiger partial charge in [-0.3, -0.25) is 19.2 Å². The summed E-state index contributed by atoms with van der Waals surface area (Å²) in [6.45, 7) is 4.28. The van der Waals surface area contributed by atoms with Crippen molar-refractivity contribution in [2.24, 2.45) is 0 Å². The van der Waals surface area contributed by atoms with E-state index in [9.17, 15) is 19.2 Å². The molecule has 1 aliphatic rings. The van der Waals surface area contributed by atoms with Crippen LogP contribution in [-0.4, -0.2) is 73.4 Å². The first-order chi connectivity index (χ1) is 16.5. The number of anilines is 1. The Morgan fingerprint density at radius 2 is 1.46 bits per heavy atom. The molecule has 1 aliphatic heterocycles. The molecule has 192 valence electrons. The minimum atomic E-state index is -1.30. The van der Waals surface area contributed by atoms with Gasteiger partial charge in [-0.2, -0.15) is 0 Å². The number of nitrogens with one attached hydrogen (secondary N) is 2. The van der Waals surface area contributed by atoms with Crippen LogP contribution in [0.5, 0.6) is 5.75 Å². The average molecular weight is 513 g/mol. The van der Waals surface area contributed by atoms with Crippen molar-refractivity contribution in [2.75, 3.05) is 19.0 Å². The number of rotatable bonds is 8. The first kappa shape index (κ1) is 27.8. The Kier molecular flexibility index (Phi) is 10.2. The van der Waals surface area contributed by atoms with E-state index >= 15 is 0 Å². The largest absolute Gasteiger partial charge is 0.495 e. The van der Waals surface area contributed by atoms with Crippen LogP contribution in [0, 0.1) is 0 Å². The Labute approximate surface area is 207 Å². The quantitative estimate of drug-likeness (QED) is 0.291. The van der Waals surface area contributed by atoms with Crippen molar-refractivity contribution in [2.45, 2.75) is 58.3 Å². The van der Waals surface area contributed by atoms with E-state index < -0.39 is 54.5 Å². The lowest BCUT2D eigenvalue weighted by molar-refractivity contribution is -0.254. The Morgan fingerprint density at radius 3 is 2.03 bits per heavy atom. The molecular weight excluding hydrogens is 484 g/mol. The third-order valence-corrected chi connectivity index (χ3v) is 4.84. The van der Waals surface area contributed by atoms with Crippen LogP contribution in [0.2, 0.25) is 0 Å². The molecule has 2 N–H and O–H groups in total. The summed E-state index contributed by atoms with van der Waals surface area (Å²) in [6, 6.07) is 6.99. The molecule has 35 heavy (non-hydrogen) atoms. The molecular formula is C22H28N2O10S. The average Bonchev–Trinajstić information content (AvgIpc) is 2.76. The fraction of sp³-hybridized carbons (Fsp3) is 0.500. The second kappa shape index (κ2) is 12.9. The zero-order valence-electron chi connectivity index (χ0n) is 19.9. The molecule has 1 saturated heterocycles. The van der Waals surface area contributed by atoms with E-state index in [2.05, 4.69) is 10.6 Å². The summed E-state index contributed by atoms with van der Waals surface area (Å²) in [5, 5.41) is 5.86. The Bertz CT molecular complexity index is 956. The lowest BCUT2D eigenvalue weighted by Crippen LogP contribution is -2.66. The van der Waals surface area contributed by atoms with Gasteiger partial charge in [0.2, 0.25) is 0 Å². The molecule has 0 amide bonds. The molecule has 5 unspecified atom stereocenters. The van der Waals surface area contributed by atoms with Crippen LogP contribution in [0.25, 0.3) is 0 Å². The van der Waals surface area contributed by atoms with Crippen LogP contribution < -0.4 is 15.4 Å². The van der Waals surface area contributed by atoms with Crippen molar-refractivity contribution >= 4 is 46.9 Å². The number of methoxy groups -OCH3 is 1. The summed E-state index contributed by atoms with van der Waals surface area (Å²) < 4.78 is 32.4. The monoisotopic (exact) mass is 512 g/mol. The molecule has 0 aromatic heterocycles. The van der Waals surface area contributed by atoms with Crippen LogP contribution in [0.1, 0.15) is 27.7 Å². The van der Waals surface area contributed by atoms with Crippen molar-refractivity contribution < 1.29 is 47.6 Å². The highest BCUT2D eigenvalue weighted by atomic mass is 32.1. The van der Waals surface area contributed by atoms with Crippen molar-refractivity contribution in [3.05, 3.63) is 24.3 Å². The molecule has 0 radical (unpaired) electrons. The maximum atomic E-state index is 11.9. The third kappa shape index (κ3) is 8.37. The van der Waals surface area contributed by atoms with Gasteiger partial charge in [-0.1, -0.05) is 12.1 Å². The van der Waals surface area contributed by atoms with Crippen LogP contribution >= 0.6 is 12.2 Å². The van der Waals surface area contributed by atoms with Crippen molar-refractivity contribution in [3.63, 3.8) is 0 Å². The second-order valence-corrected chi connectivity index (χ2v) is 7.83. The normalized spacial score (nSPS) is 23.3. The highest BCUT2D eigenvalue weighted by Crippen LogP contribution is 2.29. The van der Waals surface area contributed by atoms with E-state index in [0.717, 1.165) is 20.8 Å². The highest BCUT2D eigenvalue weighted by molar-refractivity contribution is 7.80. The Hall–Kier alpha value is -3.45. The smallest absolute Gasteiger partial charge is 0.303 e. The highest BCUT2D eigenvalue weighted by Gasteiger charge is 2.52. The van der Waals surface area contributed by atoms with Gasteiger partial charge >= 0.3 is 23.9 Å². The molecule has 5 atom stereocenters. The summed E-state index contributed by atoms with van der Waals surface area (Å²) in [7, 11) is 1.50. The van der Waals surface area contributed by atoms with Gasteiger partial charge in [0.1, 0.15) is 18.5 Å². The molecule has 0 aliphatic carbocycles. The number of carbonyl (C=O) groups is 4.